The van der Waals surface area contributed by atoms with Crippen molar-refractivity contribution in [1.82, 2.24) is 0 Å². The second-order valence-corrected chi connectivity index (χ2v) is 3.40. The topological polar surface area (TPSA) is 61.8 Å². The Bertz CT molecular complexity index is 430. The van der Waals surface area contributed by atoms with Crippen LogP contribution in [0.3, 0.4) is 0 Å². The molecule has 0 bridgehead atoms. The zero-order valence-corrected chi connectivity index (χ0v) is 10.9. The first-order chi connectivity index (χ1) is 9.19. The molecule has 0 spiro atoms. The fourth-order valence-electron chi connectivity index (χ4n) is 1.22. The van der Waals surface area contributed by atoms with Gasteiger partial charge in [0.15, 0.2) is 5.57 Å². The zero-order chi connectivity index (χ0) is 14.1. The van der Waals surface area contributed by atoms with E-state index in [1.807, 2.05) is 6.07 Å². The Labute approximate surface area is 111 Å². The lowest BCUT2D eigenvalue weighted by Crippen LogP contribution is -2.19. The molecule has 0 radical (unpaired) electrons. The maximum absolute atomic E-state index is 11.6. The molecule has 0 N–H and O–H groups in total. The third-order valence-corrected chi connectivity index (χ3v) is 2.05. The zero-order valence-electron chi connectivity index (χ0n) is 10.9. The molecule has 1 aromatic rings. The minimum Gasteiger partial charge on any atom is -0.464 e. The minimum absolute atomic E-state index is 0.168. The fourth-order valence-corrected chi connectivity index (χ4v) is 1.22. The number of ether oxygens (including phenoxy) is 3. The number of esters is 2. The molecule has 5 heteroatoms. The van der Waals surface area contributed by atoms with E-state index in [-0.39, 0.29) is 18.8 Å². The first-order valence-electron chi connectivity index (χ1n) is 5.95. The van der Waals surface area contributed by atoms with Crippen LogP contribution in [0.25, 0.3) is 0 Å². The summed E-state index contributed by atoms with van der Waals surface area (Å²) in [6, 6.07) is 8.78. The van der Waals surface area contributed by atoms with Gasteiger partial charge in [-0.25, -0.2) is 9.59 Å². The Morgan fingerprint density at radius 1 is 1.00 bits per heavy atom. The summed E-state index contributed by atoms with van der Waals surface area (Å²) in [7, 11) is 0. The summed E-state index contributed by atoms with van der Waals surface area (Å²) in [5.74, 6) is -1.03. The smallest absolute Gasteiger partial charge is 0.348 e. The number of rotatable bonds is 6. The maximum Gasteiger partial charge on any atom is 0.348 e. The summed E-state index contributed by atoms with van der Waals surface area (Å²) in [5, 5.41) is 0. The lowest BCUT2D eigenvalue weighted by molar-refractivity contribution is -0.146. The number of benzene rings is 1. The second kappa shape index (κ2) is 7.92. The molecule has 0 saturated heterocycles. The van der Waals surface area contributed by atoms with Crippen molar-refractivity contribution >= 4 is 11.9 Å². The summed E-state index contributed by atoms with van der Waals surface area (Å²) >= 11 is 0. The van der Waals surface area contributed by atoms with Gasteiger partial charge in [0.2, 0.25) is 0 Å². The standard InChI is InChI=1S/C14H16O5/c1-3-17-13(15)12(14(16)18-4-2)10-19-11-8-6-5-7-9-11/h5-10H,3-4H2,1-2H3. The number of hydrogen-bond acceptors (Lipinski definition) is 5. The molecule has 19 heavy (non-hydrogen) atoms. The summed E-state index contributed by atoms with van der Waals surface area (Å²) in [6.45, 7) is 3.64. The van der Waals surface area contributed by atoms with Crippen LogP contribution in [-0.4, -0.2) is 25.2 Å². The van der Waals surface area contributed by atoms with E-state index in [2.05, 4.69) is 0 Å². The Hall–Kier alpha value is -2.30. The summed E-state index contributed by atoms with van der Waals surface area (Å²) in [4.78, 5) is 23.2. The highest BCUT2D eigenvalue weighted by atomic mass is 16.6. The molecule has 1 rings (SSSR count). The van der Waals surface area contributed by atoms with E-state index >= 15 is 0 Å². The molecular formula is C14H16O5. The molecule has 0 heterocycles. The van der Waals surface area contributed by atoms with E-state index in [1.54, 1.807) is 38.1 Å². The molecule has 0 aliphatic rings. The minimum atomic E-state index is -0.767. The van der Waals surface area contributed by atoms with Gasteiger partial charge in [-0.05, 0) is 26.0 Å². The van der Waals surface area contributed by atoms with Crippen LogP contribution in [-0.2, 0) is 19.1 Å². The van der Waals surface area contributed by atoms with E-state index in [9.17, 15) is 9.59 Å². The lowest BCUT2D eigenvalue weighted by atomic mass is 10.3. The van der Waals surface area contributed by atoms with Crippen LogP contribution in [0.5, 0.6) is 5.75 Å². The number of carbonyl (C=O) groups excluding carboxylic acids is 2. The normalized spacial score (nSPS) is 9.37. The van der Waals surface area contributed by atoms with Gasteiger partial charge in [-0.15, -0.1) is 0 Å². The highest BCUT2D eigenvalue weighted by Gasteiger charge is 2.21. The van der Waals surface area contributed by atoms with Crippen molar-refractivity contribution in [2.24, 2.45) is 0 Å². The molecular weight excluding hydrogens is 248 g/mol. The first-order valence-corrected chi connectivity index (χ1v) is 5.95. The molecule has 0 fully saturated rings. The van der Waals surface area contributed by atoms with Crippen molar-refractivity contribution in [3.63, 3.8) is 0 Å². The second-order valence-electron chi connectivity index (χ2n) is 3.40. The molecule has 0 saturated carbocycles. The van der Waals surface area contributed by atoms with Crippen LogP contribution >= 0.6 is 0 Å². The van der Waals surface area contributed by atoms with Crippen molar-refractivity contribution in [2.45, 2.75) is 13.8 Å². The third-order valence-electron chi connectivity index (χ3n) is 2.05. The molecule has 102 valence electrons. The highest BCUT2D eigenvalue weighted by Crippen LogP contribution is 2.11. The first kappa shape index (κ1) is 14.8. The van der Waals surface area contributed by atoms with Gasteiger partial charge in [-0.3, -0.25) is 0 Å². The fraction of sp³-hybridized carbons (Fsp3) is 0.286. The molecule has 0 atom stereocenters. The van der Waals surface area contributed by atoms with Crippen LogP contribution in [0.4, 0.5) is 0 Å². The average Bonchev–Trinajstić information content (AvgIpc) is 2.41. The van der Waals surface area contributed by atoms with Crippen LogP contribution < -0.4 is 4.74 Å². The predicted molar refractivity (Wildman–Crippen MR) is 68.4 cm³/mol. The van der Waals surface area contributed by atoms with Crippen molar-refractivity contribution in [1.29, 1.82) is 0 Å². The monoisotopic (exact) mass is 264 g/mol. The predicted octanol–water partition coefficient (Wildman–Crippen LogP) is 2.08. The summed E-state index contributed by atoms with van der Waals surface area (Å²) in [6.07, 6.45) is 1.05. The van der Waals surface area contributed by atoms with Gasteiger partial charge in [0.25, 0.3) is 0 Å². The van der Waals surface area contributed by atoms with E-state index in [0.717, 1.165) is 6.26 Å². The summed E-state index contributed by atoms with van der Waals surface area (Å²) in [5.41, 5.74) is -0.271. The lowest BCUT2D eigenvalue weighted by Gasteiger charge is -2.07. The number of hydrogen-bond donors (Lipinski definition) is 0. The molecule has 0 aromatic heterocycles. The van der Waals surface area contributed by atoms with E-state index in [0.29, 0.717) is 5.75 Å². The Balaban J connectivity index is 2.83. The number of carbonyl (C=O) groups is 2. The quantitative estimate of drug-likeness (QED) is 0.259. The number of para-hydroxylation sites is 1. The van der Waals surface area contributed by atoms with Crippen LogP contribution in [0.2, 0.25) is 0 Å². The van der Waals surface area contributed by atoms with Crippen molar-refractivity contribution in [2.75, 3.05) is 13.2 Å². The maximum atomic E-state index is 11.6. The largest absolute Gasteiger partial charge is 0.464 e. The highest BCUT2D eigenvalue weighted by molar-refractivity contribution is 6.13. The van der Waals surface area contributed by atoms with Gasteiger partial charge in [0, 0.05) is 0 Å². The Morgan fingerprint density at radius 2 is 1.53 bits per heavy atom. The molecule has 5 nitrogen and oxygen atoms in total. The van der Waals surface area contributed by atoms with Crippen molar-refractivity contribution in [3.8, 4) is 5.75 Å². The molecule has 0 aliphatic carbocycles. The third kappa shape index (κ3) is 4.83. The van der Waals surface area contributed by atoms with E-state index in [4.69, 9.17) is 14.2 Å². The molecule has 0 aliphatic heterocycles. The molecule has 0 amide bonds. The van der Waals surface area contributed by atoms with E-state index in [1.165, 1.54) is 0 Å². The van der Waals surface area contributed by atoms with Crippen LogP contribution in [0.15, 0.2) is 42.2 Å². The average molecular weight is 264 g/mol. The van der Waals surface area contributed by atoms with Gasteiger partial charge < -0.3 is 14.2 Å². The van der Waals surface area contributed by atoms with Gasteiger partial charge in [-0.2, -0.15) is 0 Å². The Kier molecular flexibility index (Phi) is 6.15. The van der Waals surface area contributed by atoms with Gasteiger partial charge in [-0.1, -0.05) is 18.2 Å². The van der Waals surface area contributed by atoms with Gasteiger partial charge in [0.05, 0.1) is 13.2 Å². The van der Waals surface area contributed by atoms with Gasteiger partial charge in [0.1, 0.15) is 12.0 Å². The van der Waals surface area contributed by atoms with Crippen molar-refractivity contribution in [3.05, 3.63) is 42.2 Å². The Morgan fingerprint density at radius 3 is 2.00 bits per heavy atom. The van der Waals surface area contributed by atoms with Gasteiger partial charge >= 0.3 is 11.9 Å². The molecule has 0 unspecified atom stereocenters. The van der Waals surface area contributed by atoms with Crippen LogP contribution in [0, 0.1) is 0 Å². The van der Waals surface area contributed by atoms with Crippen LogP contribution in [0.1, 0.15) is 13.8 Å². The van der Waals surface area contributed by atoms with E-state index < -0.39 is 11.9 Å². The molecule has 1 aromatic carbocycles. The van der Waals surface area contributed by atoms with Crippen molar-refractivity contribution < 1.29 is 23.8 Å². The summed E-state index contributed by atoms with van der Waals surface area (Å²) < 4.78 is 14.8. The SMILES string of the molecule is CCOC(=O)C(=COc1ccccc1)C(=O)OCC.